The Morgan fingerprint density at radius 3 is 2.47 bits per heavy atom. The van der Waals surface area contributed by atoms with Gasteiger partial charge >= 0.3 is 0 Å². The minimum atomic E-state index is -0.666. The second-order valence-corrected chi connectivity index (χ2v) is 9.80. The Bertz CT molecular complexity index is 902. The van der Waals surface area contributed by atoms with Gasteiger partial charge in [-0.1, -0.05) is 30.2 Å². The SMILES string of the molecule is CC(C)(C)NC(=O)CNC(=O)/C(=C\N=Cc1cccc(Cl)c1)C(=O)NCCCN1CCCCC1. The molecule has 1 aliphatic heterocycles. The Morgan fingerprint density at radius 1 is 1.09 bits per heavy atom. The van der Waals surface area contributed by atoms with Crippen molar-refractivity contribution in [2.75, 3.05) is 32.7 Å². The van der Waals surface area contributed by atoms with Crippen LogP contribution in [0.2, 0.25) is 5.02 Å². The summed E-state index contributed by atoms with van der Waals surface area (Å²) in [7, 11) is 0. The zero-order valence-corrected chi connectivity index (χ0v) is 21.1. The molecule has 1 aromatic carbocycles. The van der Waals surface area contributed by atoms with Crippen molar-refractivity contribution in [2.45, 2.75) is 52.0 Å². The molecule has 0 saturated carbocycles. The molecule has 0 unspecified atom stereocenters. The molecule has 0 radical (unpaired) electrons. The maximum atomic E-state index is 12.8. The van der Waals surface area contributed by atoms with E-state index in [1.54, 1.807) is 24.3 Å². The van der Waals surface area contributed by atoms with Gasteiger partial charge in [0.05, 0.1) is 6.54 Å². The van der Waals surface area contributed by atoms with E-state index in [0.29, 0.717) is 11.6 Å². The van der Waals surface area contributed by atoms with Crippen molar-refractivity contribution in [3.63, 3.8) is 0 Å². The second kappa shape index (κ2) is 13.9. The Morgan fingerprint density at radius 2 is 1.79 bits per heavy atom. The lowest BCUT2D eigenvalue weighted by Crippen LogP contribution is -2.46. The number of nitrogens with zero attached hydrogens (tertiary/aromatic N) is 2. The Balaban J connectivity index is 1.98. The molecule has 2 rings (SSSR count). The van der Waals surface area contributed by atoms with Gasteiger partial charge in [-0.3, -0.25) is 19.4 Å². The van der Waals surface area contributed by atoms with Crippen LogP contribution in [0.4, 0.5) is 0 Å². The number of likely N-dealkylation sites (tertiary alicyclic amines) is 1. The summed E-state index contributed by atoms with van der Waals surface area (Å²) in [4.78, 5) is 44.0. The van der Waals surface area contributed by atoms with E-state index in [1.165, 1.54) is 31.7 Å². The summed E-state index contributed by atoms with van der Waals surface area (Å²) in [6, 6.07) is 7.05. The van der Waals surface area contributed by atoms with Gasteiger partial charge in [-0.25, -0.2) is 0 Å². The average molecular weight is 490 g/mol. The molecular weight excluding hydrogens is 454 g/mol. The van der Waals surface area contributed by atoms with Crippen molar-refractivity contribution in [2.24, 2.45) is 4.99 Å². The van der Waals surface area contributed by atoms with Crippen molar-refractivity contribution in [3.8, 4) is 0 Å². The molecule has 1 aromatic rings. The Labute approximate surface area is 207 Å². The second-order valence-electron chi connectivity index (χ2n) is 9.37. The number of benzene rings is 1. The van der Waals surface area contributed by atoms with E-state index in [4.69, 9.17) is 11.6 Å². The number of carbonyl (C=O) groups is 3. The fourth-order valence-electron chi connectivity index (χ4n) is 3.51. The topological polar surface area (TPSA) is 103 Å². The number of aliphatic imine (C=N–C) groups is 1. The van der Waals surface area contributed by atoms with E-state index in [-0.39, 0.29) is 18.0 Å². The molecule has 0 atom stereocenters. The highest BCUT2D eigenvalue weighted by Crippen LogP contribution is 2.10. The van der Waals surface area contributed by atoms with Crippen LogP contribution in [0.1, 0.15) is 52.0 Å². The lowest BCUT2D eigenvalue weighted by Gasteiger charge is -2.26. The van der Waals surface area contributed by atoms with Crippen LogP contribution >= 0.6 is 11.6 Å². The van der Waals surface area contributed by atoms with E-state index in [2.05, 4.69) is 25.8 Å². The van der Waals surface area contributed by atoms with Crippen molar-refractivity contribution < 1.29 is 14.4 Å². The van der Waals surface area contributed by atoms with E-state index < -0.39 is 17.4 Å². The van der Waals surface area contributed by atoms with E-state index >= 15 is 0 Å². The zero-order valence-electron chi connectivity index (χ0n) is 20.3. The van der Waals surface area contributed by atoms with Gasteiger partial charge < -0.3 is 20.9 Å². The number of carbonyl (C=O) groups excluding carboxylic acids is 3. The van der Waals surface area contributed by atoms with Crippen LogP contribution in [0.5, 0.6) is 0 Å². The monoisotopic (exact) mass is 489 g/mol. The molecule has 0 aliphatic carbocycles. The van der Waals surface area contributed by atoms with Gasteiger partial charge in [0.1, 0.15) is 5.57 Å². The molecule has 34 heavy (non-hydrogen) atoms. The van der Waals surface area contributed by atoms with Crippen LogP contribution in [0.3, 0.4) is 0 Å². The first-order chi connectivity index (χ1) is 16.1. The first kappa shape index (κ1) is 27.5. The Kier molecular flexibility index (Phi) is 11.2. The number of piperidine rings is 1. The highest BCUT2D eigenvalue weighted by Gasteiger charge is 2.20. The lowest BCUT2D eigenvalue weighted by molar-refractivity contribution is -0.127. The summed E-state index contributed by atoms with van der Waals surface area (Å²) >= 11 is 5.98. The molecule has 1 aliphatic rings. The molecule has 1 fully saturated rings. The molecule has 3 N–H and O–H groups in total. The predicted molar refractivity (Wildman–Crippen MR) is 136 cm³/mol. The van der Waals surface area contributed by atoms with Crippen molar-refractivity contribution in [3.05, 3.63) is 46.6 Å². The van der Waals surface area contributed by atoms with Crippen LogP contribution in [0.15, 0.2) is 41.0 Å². The summed E-state index contributed by atoms with van der Waals surface area (Å²) < 4.78 is 0. The summed E-state index contributed by atoms with van der Waals surface area (Å²) in [6.07, 6.45) is 7.22. The molecule has 1 heterocycles. The quantitative estimate of drug-likeness (QED) is 0.154. The predicted octanol–water partition coefficient (Wildman–Crippen LogP) is 2.67. The summed E-state index contributed by atoms with van der Waals surface area (Å²) in [5, 5.41) is 8.62. The van der Waals surface area contributed by atoms with E-state index in [9.17, 15) is 14.4 Å². The first-order valence-corrected chi connectivity index (χ1v) is 12.1. The van der Waals surface area contributed by atoms with E-state index in [1.807, 2.05) is 20.8 Å². The van der Waals surface area contributed by atoms with Crippen LogP contribution in [0.25, 0.3) is 0 Å². The number of halogens is 1. The van der Waals surface area contributed by atoms with Gasteiger partial charge in [0, 0.05) is 29.5 Å². The Hall–Kier alpha value is -2.71. The van der Waals surface area contributed by atoms with E-state index in [0.717, 1.165) is 31.6 Å². The fourth-order valence-corrected chi connectivity index (χ4v) is 3.70. The molecule has 1 saturated heterocycles. The molecule has 0 bridgehead atoms. The number of nitrogens with one attached hydrogen (secondary N) is 3. The molecule has 9 heteroatoms. The number of amides is 3. The number of hydrogen-bond acceptors (Lipinski definition) is 5. The third-order valence-corrected chi connectivity index (χ3v) is 5.31. The largest absolute Gasteiger partial charge is 0.352 e. The fraction of sp³-hybridized carbons (Fsp3) is 0.520. The van der Waals surface area contributed by atoms with Gasteiger partial charge in [0.2, 0.25) is 5.91 Å². The van der Waals surface area contributed by atoms with Crippen LogP contribution in [-0.4, -0.2) is 67.1 Å². The summed E-state index contributed by atoms with van der Waals surface area (Å²) in [6.45, 7) is 8.84. The smallest absolute Gasteiger partial charge is 0.258 e. The maximum Gasteiger partial charge on any atom is 0.258 e. The summed E-state index contributed by atoms with van der Waals surface area (Å²) in [5.74, 6) is -1.54. The number of hydrogen-bond donors (Lipinski definition) is 3. The third-order valence-electron chi connectivity index (χ3n) is 5.07. The molecule has 8 nitrogen and oxygen atoms in total. The third kappa shape index (κ3) is 10.9. The van der Waals surface area contributed by atoms with Crippen LogP contribution < -0.4 is 16.0 Å². The number of rotatable bonds is 10. The van der Waals surface area contributed by atoms with Gasteiger partial charge in [-0.15, -0.1) is 0 Å². The zero-order chi connectivity index (χ0) is 25.0. The van der Waals surface area contributed by atoms with Crippen molar-refractivity contribution >= 4 is 35.5 Å². The first-order valence-electron chi connectivity index (χ1n) is 11.7. The van der Waals surface area contributed by atoms with Crippen LogP contribution in [-0.2, 0) is 14.4 Å². The van der Waals surface area contributed by atoms with Gasteiger partial charge in [0.25, 0.3) is 11.8 Å². The van der Waals surface area contributed by atoms with Gasteiger partial charge in [0.15, 0.2) is 0 Å². The molecule has 3 amide bonds. The van der Waals surface area contributed by atoms with Crippen molar-refractivity contribution in [1.29, 1.82) is 0 Å². The van der Waals surface area contributed by atoms with Gasteiger partial charge in [-0.2, -0.15) is 0 Å². The van der Waals surface area contributed by atoms with Gasteiger partial charge in [-0.05, 0) is 77.4 Å². The standard InChI is InChI=1S/C25H36ClN5O3/c1-25(2,3)30-22(32)18-29-24(34)21(17-27-16-19-9-7-10-20(26)15-19)23(33)28-11-8-14-31-12-5-4-6-13-31/h7,9-10,15-17H,4-6,8,11-14,18H2,1-3H3,(H,28,33)(H,29,34)(H,30,32)/b21-17-,27-16?. The highest BCUT2D eigenvalue weighted by molar-refractivity contribution is 6.30. The minimum Gasteiger partial charge on any atom is -0.352 e. The molecule has 0 spiro atoms. The maximum absolute atomic E-state index is 12.8. The molecule has 186 valence electrons. The molecule has 0 aromatic heterocycles. The minimum absolute atomic E-state index is 0.167. The highest BCUT2D eigenvalue weighted by atomic mass is 35.5. The summed E-state index contributed by atoms with van der Waals surface area (Å²) in [5.41, 5.74) is 0.141. The molecular formula is C25H36ClN5O3. The lowest BCUT2D eigenvalue weighted by atomic mass is 10.1. The normalized spacial score (nSPS) is 15.2. The van der Waals surface area contributed by atoms with Crippen molar-refractivity contribution in [1.82, 2.24) is 20.9 Å². The van der Waals surface area contributed by atoms with Crippen LogP contribution in [0, 0.1) is 0 Å². The average Bonchev–Trinajstić information content (AvgIpc) is 2.77.